The molecule has 84 valence electrons. The van der Waals surface area contributed by atoms with E-state index in [1.807, 2.05) is 25.1 Å². The summed E-state index contributed by atoms with van der Waals surface area (Å²) in [5.74, 6) is 0.856. The van der Waals surface area contributed by atoms with Crippen LogP contribution in [-0.2, 0) is 0 Å². The molecule has 16 heavy (non-hydrogen) atoms. The van der Waals surface area contributed by atoms with Gasteiger partial charge in [0.25, 0.3) is 0 Å². The maximum Gasteiger partial charge on any atom is 0.125 e. The standard InChI is InChI=1S/C12H13ClN2O/c1-2-15-12(11-4-3-7-16-11)9-5-6-14-8-10(9)13/h3-8,12,15H,2H2,1H3. The summed E-state index contributed by atoms with van der Waals surface area (Å²) in [5.41, 5.74) is 0.980. The molecule has 2 heterocycles. The monoisotopic (exact) mass is 236 g/mol. The highest BCUT2D eigenvalue weighted by atomic mass is 35.5. The predicted molar refractivity (Wildman–Crippen MR) is 63.5 cm³/mol. The molecule has 0 bridgehead atoms. The lowest BCUT2D eigenvalue weighted by Gasteiger charge is -2.16. The molecule has 2 aromatic heterocycles. The number of hydrogen-bond donors (Lipinski definition) is 1. The molecule has 4 heteroatoms. The largest absolute Gasteiger partial charge is 0.467 e. The molecule has 2 aromatic rings. The number of nitrogens with one attached hydrogen (secondary N) is 1. The lowest BCUT2D eigenvalue weighted by molar-refractivity contribution is 0.452. The minimum atomic E-state index is -0.0181. The lowest BCUT2D eigenvalue weighted by Crippen LogP contribution is -2.21. The number of halogens is 1. The van der Waals surface area contributed by atoms with E-state index in [0.717, 1.165) is 17.9 Å². The Bertz CT molecular complexity index is 442. The molecule has 0 aliphatic carbocycles. The van der Waals surface area contributed by atoms with Gasteiger partial charge in [-0.05, 0) is 30.3 Å². The zero-order valence-corrected chi connectivity index (χ0v) is 9.74. The lowest BCUT2D eigenvalue weighted by atomic mass is 10.1. The number of furan rings is 1. The van der Waals surface area contributed by atoms with Crippen LogP contribution in [0, 0.1) is 0 Å². The van der Waals surface area contributed by atoms with Crippen molar-refractivity contribution in [3.05, 3.63) is 53.2 Å². The minimum Gasteiger partial charge on any atom is -0.467 e. The van der Waals surface area contributed by atoms with Crippen molar-refractivity contribution in [3.63, 3.8) is 0 Å². The zero-order chi connectivity index (χ0) is 11.4. The molecule has 0 amide bonds. The molecule has 1 atom stereocenters. The van der Waals surface area contributed by atoms with Gasteiger partial charge in [-0.15, -0.1) is 0 Å². The van der Waals surface area contributed by atoms with E-state index in [-0.39, 0.29) is 6.04 Å². The van der Waals surface area contributed by atoms with Gasteiger partial charge in [-0.1, -0.05) is 18.5 Å². The van der Waals surface area contributed by atoms with Crippen LogP contribution in [0.5, 0.6) is 0 Å². The molecular formula is C12H13ClN2O. The van der Waals surface area contributed by atoms with Gasteiger partial charge in [0, 0.05) is 12.4 Å². The smallest absolute Gasteiger partial charge is 0.125 e. The Hall–Kier alpha value is -1.32. The van der Waals surface area contributed by atoms with Gasteiger partial charge in [0.15, 0.2) is 0 Å². The van der Waals surface area contributed by atoms with Crippen LogP contribution >= 0.6 is 11.6 Å². The van der Waals surface area contributed by atoms with Crippen LogP contribution in [0.4, 0.5) is 0 Å². The zero-order valence-electron chi connectivity index (χ0n) is 8.98. The molecule has 1 N–H and O–H groups in total. The average molecular weight is 237 g/mol. The summed E-state index contributed by atoms with van der Waals surface area (Å²) in [6.45, 7) is 2.88. The molecule has 0 aliphatic heterocycles. The molecule has 2 rings (SSSR count). The molecule has 3 nitrogen and oxygen atoms in total. The van der Waals surface area contributed by atoms with E-state index in [1.54, 1.807) is 18.7 Å². The highest BCUT2D eigenvalue weighted by Crippen LogP contribution is 2.27. The Morgan fingerprint density at radius 1 is 1.50 bits per heavy atom. The van der Waals surface area contributed by atoms with Crippen molar-refractivity contribution < 1.29 is 4.42 Å². The van der Waals surface area contributed by atoms with Crippen LogP contribution in [0.1, 0.15) is 24.3 Å². The van der Waals surface area contributed by atoms with E-state index in [4.69, 9.17) is 16.0 Å². The molecule has 0 fully saturated rings. The van der Waals surface area contributed by atoms with E-state index < -0.39 is 0 Å². The summed E-state index contributed by atoms with van der Waals surface area (Å²) in [6, 6.07) is 5.69. The first-order chi connectivity index (χ1) is 7.83. The first-order valence-electron chi connectivity index (χ1n) is 5.19. The summed E-state index contributed by atoms with van der Waals surface area (Å²) in [4.78, 5) is 3.98. The third-order valence-electron chi connectivity index (χ3n) is 2.35. The van der Waals surface area contributed by atoms with Crippen molar-refractivity contribution in [1.82, 2.24) is 10.3 Å². The molecule has 0 spiro atoms. The molecule has 0 aliphatic rings. The summed E-state index contributed by atoms with van der Waals surface area (Å²) in [7, 11) is 0. The van der Waals surface area contributed by atoms with E-state index >= 15 is 0 Å². The normalized spacial score (nSPS) is 12.6. The molecule has 0 saturated carbocycles. The Balaban J connectivity index is 2.37. The Kier molecular flexibility index (Phi) is 3.59. The first kappa shape index (κ1) is 11.2. The fourth-order valence-electron chi connectivity index (χ4n) is 1.64. The summed E-state index contributed by atoms with van der Waals surface area (Å²) >= 11 is 6.13. The Morgan fingerprint density at radius 2 is 2.38 bits per heavy atom. The quantitative estimate of drug-likeness (QED) is 0.887. The van der Waals surface area contributed by atoms with E-state index in [0.29, 0.717) is 5.02 Å². The molecule has 0 aromatic carbocycles. The fraction of sp³-hybridized carbons (Fsp3) is 0.250. The van der Waals surface area contributed by atoms with E-state index in [2.05, 4.69) is 10.3 Å². The summed E-state index contributed by atoms with van der Waals surface area (Å²) in [6.07, 6.45) is 5.04. The maximum atomic E-state index is 6.13. The van der Waals surface area contributed by atoms with E-state index in [1.165, 1.54) is 0 Å². The van der Waals surface area contributed by atoms with Gasteiger partial charge in [0.1, 0.15) is 5.76 Å². The van der Waals surface area contributed by atoms with Crippen LogP contribution in [0.2, 0.25) is 5.02 Å². The fourth-order valence-corrected chi connectivity index (χ4v) is 1.87. The number of nitrogens with zero attached hydrogens (tertiary/aromatic N) is 1. The number of hydrogen-bond acceptors (Lipinski definition) is 3. The molecule has 1 unspecified atom stereocenters. The number of rotatable bonds is 4. The van der Waals surface area contributed by atoms with Crippen molar-refractivity contribution in [2.75, 3.05) is 6.54 Å². The van der Waals surface area contributed by atoms with Gasteiger partial charge in [-0.2, -0.15) is 0 Å². The van der Waals surface area contributed by atoms with Crippen LogP contribution in [0.25, 0.3) is 0 Å². The summed E-state index contributed by atoms with van der Waals surface area (Å²) < 4.78 is 5.42. The van der Waals surface area contributed by atoms with Crippen molar-refractivity contribution >= 4 is 11.6 Å². The number of pyridine rings is 1. The Morgan fingerprint density at radius 3 is 3.00 bits per heavy atom. The topological polar surface area (TPSA) is 38.1 Å². The van der Waals surface area contributed by atoms with Crippen LogP contribution in [-0.4, -0.2) is 11.5 Å². The van der Waals surface area contributed by atoms with Crippen molar-refractivity contribution in [3.8, 4) is 0 Å². The van der Waals surface area contributed by atoms with Gasteiger partial charge >= 0.3 is 0 Å². The van der Waals surface area contributed by atoms with Crippen LogP contribution in [0.3, 0.4) is 0 Å². The summed E-state index contributed by atoms with van der Waals surface area (Å²) in [5, 5.41) is 3.98. The van der Waals surface area contributed by atoms with Gasteiger partial charge < -0.3 is 9.73 Å². The first-order valence-corrected chi connectivity index (χ1v) is 5.57. The predicted octanol–water partition coefficient (Wildman–Crippen LogP) is 3.03. The van der Waals surface area contributed by atoms with Crippen molar-refractivity contribution in [1.29, 1.82) is 0 Å². The highest BCUT2D eigenvalue weighted by molar-refractivity contribution is 6.31. The van der Waals surface area contributed by atoms with Gasteiger partial charge in [0.2, 0.25) is 0 Å². The van der Waals surface area contributed by atoms with Gasteiger partial charge in [-0.3, -0.25) is 4.98 Å². The Labute approximate surface area is 99.5 Å². The van der Waals surface area contributed by atoms with Crippen molar-refractivity contribution in [2.24, 2.45) is 0 Å². The van der Waals surface area contributed by atoms with Gasteiger partial charge in [0.05, 0.1) is 17.3 Å². The number of aromatic nitrogens is 1. The minimum absolute atomic E-state index is 0.0181. The maximum absolute atomic E-state index is 6.13. The second kappa shape index (κ2) is 5.14. The third-order valence-corrected chi connectivity index (χ3v) is 2.67. The van der Waals surface area contributed by atoms with Crippen LogP contribution < -0.4 is 5.32 Å². The second-order valence-corrected chi connectivity index (χ2v) is 3.81. The average Bonchev–Trinajstić information content (AvgIpc) is 2.80. The second-order valence-electron chi connectivity index (χ2n) is 3.40. The van der Waals surface area contributed by atoms with Crippen LogP contribution in [0.15, 0.2) is 41.3 Å². The SMILES string of the molecule is CCNC(c1ccco1)c1ccncc1Cl. The third kappa shape index (κ3) is 2.26. The van der Waals surface area contributed by atoms with Gasteiger partial charge in [-0.25, -0.2) is 0 Å². The van der Waals surface area contributed by atoms with E-state index in [9.17, 15) is 0 Å². The molecular weight excluding hydrogens is 224 g/mol. The molecule has 0 saturated heterocycles. The highest BCUT2D eigenvalue weighted by Gasteiger charge is 2.18. The molecule has 0 radical (unpaired) electrons. The van der Waals surface area contributed by atoms with Crippen molar-refractivity contribution in [2.45, 2.75) is 13.0 Å².